The molecule has 0 unspecified atom stereocenters. The van der Waals surface area contributed by atoms with Crippen LogP contribution in [0.4, 0.5) is 0 Å². The molecule has 1 aromatic carbocycles. The predicted octanol–water partition coefficient (Wildman–Crippen LogP) is 4.24. The van der Waals surface area contributed by atoms with Crippen LogP contribution >= 0.6 is 11.3 Å². The lowest BCUT2D eigenvalue weighted by Gasteiger charge is -2.22. The van der Waals surface area contributed by atoms with E-state index in [1.165, 1.54) is 12.8 Å². The van der Waals surface area contributed by atoms with E-state index in [2.05, 4.69) is 35.3 Å². The van der Waals surface area contributed by atoms with Gasteiger partial charge in [-0.05, 0) is 31.4 Å². The smallest absolute Gasteiger partial charge is 0.123 e. The maximum atomic E-state index is 5.80. The van der Waals surface area contributed by atoms with Gasteiger partial charge in [-0.25, -0.2) is 4.98 Å². The van der Waals surface area contributed by atoms with Gasteiger partial charge >= 0.3 is 0 Å². The summed E-state index contributed by atoms with van der Waals surface area (Å²) in [5, 5.41) is 7.76. The summed E-state index contributed by atoms with van der Waals surface area (Å²) in [4.78, 5) is 4.38. The van der Waals surface area contributed by atoms with Crippen molar-refractivity contribution in [3.8, 4) is 21.8 Å². The van der Waals surface area contributed by atoms with Crippen molar-refractivity contribution < 1.29 is 4.74 Å². The number of aromatic nitrogens is 3. The largest absolute Gasteiger partial charge is 0.376 e. The highest BCUT2D eigenvalue weighted by atomic mass is 32.1. The van der Waals surface area contributed by atoms with Crippen molar-refractivity contribution in [1.29, 1.82) is 0 Å². The Morgan fingerprint density at radius 1 is 1.22 bits per heavy atom. The molecule has 0 bridgehead atoms. The van der Waals surface area contributed by atoms with Crippen LogP contribution in [0, 0.1) is 0 Å². The third kappa shape index (κ3) is 3.35. The van der Waals surface area contributed by atoms with E-state index in [0.717, 1.165) is 41.4 Å². The van der Waals surface area contributed by atoms with Crippen LogP contribution in [0.2, 0.25) is 0 Å². The highest BCUT2D eigenvalue weighted by Crippen LogP contribution is 2.26. The van der Waals surface area contributed by atoms with Gasteiger partial charge < -0.3 is 4.74 Å². The molecule has 1 fully saturated rings. The van der Waals surface area contributed by atoms with Gasteiger partial charge in [0.1, 0.15) is 5.01 Å². The van der Waals surface area contributed by atoms with Gasteiger partial charge in [0, 0.05) is 35.5 Å². The van der Waals surface area contributed by atoms with Crippen molar-refractivity contribution in [2.45, 2.75) is 31.9 Å². The van der Waals surface area contributed by atoms with E-state index in [4.69, 9.17) is 9.84 Å². The molecule has 2 aromatic heterocycles. The predicted molar refractivity (Wildman–Crippen MR) is 92.4 cm³/mol. The zero-order chi connectivity index (χ0) is 15.5. The lowest BCUT2D eigenvalue weighted by molar-refractivity contribution is 0.00403. The summed E-state index contributed by atoms with van der Waals surface area (Å²) in [7, 11) is 0. The first kappa shape index (κ1) is 14.6. The van der Waals surface area contributed by atoms with E-state index >= 15 is 0 Å². The molecule has 23 heavy (non-hydrogen) atoms. The molecule has 4 rings (SSSR count). The second-order valence-corrected chi connectivity index (χ2v) is 6.72. The number of rotatable bonds is 4. The summed E-state index contributed by atoms with van der Waals surface area (Å²) < 4.78 is 7.80. The molecule has 5 heteroatoms. The Morgan fingerprint density at radius 3 is 3.00 bits per heavy atom. The Morgan fingerprint density at radius 2 is 2.17 bits per heavy atom. The van der Waals surface area contributed by atoms with Crippen LogP contribution in [0.5, 0.6) is 0 Å². The second-order valence-electron chi connectivity index (χ2n) is 5.83. The number of hydrogen-bond acceptors (Lipinski definition) is 4. The fourth-order valence-electron chi connectivity index (χ4n) is 2.95. The lowest BCUT2D eigenvalue weighted by atomic mass is 10.1. The maximum Gasteiger partial charge on any atom is 0.123 e. The molecule has 3 heterocycles. The van der Waals surface area contributed by atoms with Crippen molar-refractivity contribution in [2.75, 3.05) is 6.61 Å². The van der Waals surface area contributed by atoms with Crippen LogP contribution in [-0.4, -0.2) is 27.5 Å². The first-order valence-corrected chi connectivity index (χ1v) is 8.92. The van der Waals surface area contributed by atoms with Gasteiger partial charge in [0.15, 0.2) is 0 Å². The number of hydrogen-bond donors (Lipinski definition) is 0. The van der Waals surface area contributed by atoms with E-state index in [1.54, 1.807) is 11.3 Å². The summed E-state index contributed by atoms with van der Waals surface area (Å²) in [6.45, 7) is 1.72. The Kier molecular flexibility index (Phi) is 4.22. The van der Waals surface area contributed by atoms with Crippen LogP contribution in [0.25, 0.3) is 21.8 Å². The van der Waals surface area contributed by atoms with Gasteiger partial charge in [-0.3, -0.25) is 4.68 Å². The van der Waals surface area contributed by atoms with Crippen molar-refractivity contribution in [2.24, 2.45) is 0 Å². The van der Waals surface area contributed by atoms with E-state index in [0.29, 0.717) is 6.10 Å². The molecule has 1 atom stereocenters. The fourth-order valence-corrected chi connectivity index (χ4v) is 3.59. The summed E-state index contributed by atoms with van der Waals surface area (Å²) >= 11 is 1.66. The summed E-state index contributed by atoms with van der Waals surface area (Å²) in [6, 6.07) is 10.5. The van der Waals surface area contributed by atoms with Gasteiger partial charge in [0.25, 0.3) is 0 Å². The zero-order valence-corrected chi connectivity index (χ0v) is 13.7. The molecule has 1 saturated heterocycles. The molecule has 0 amide bonds. The number of thiazole rings is 1. The first-order chi connectivity index (χ1) is 11.4. The molecule has 1 aliphatic rings. The molecule has 3 aromatic rings. The molecule has 0 N–H and O–H groups in total. The van der Waals surface area contributed by atoms with Gasteiger partial charge in [-0.2, -0.15) is 5.10 Å². The molecule has 1 aliphatic heterocycles. The molecule has 0 spiro atoms. The average molecular weight is 325 g/mol. The molecular formula is C18H19N3OS. The lowest BCUT2D eigenvalue weighted by Crippen LogP contribution is -2.24. The summed E-state index contributed by atoms with van der Waals surface area (Å²) in [5.74, 6) is 0. The van der Waals surface area contributed by atoms with E-state index < -0.39 is 0 Å². The van der Waals surface area contributed by atoms with Gasteiger partial charge in [0.2, 0.25) is 0 Å². The van der Waals surface area contributed by atoms with Crippen molar-refractivity contribution >= 4 is 11.3 Å². The topological polar surface area (TPSA) is 39.9 Å². The molecule has 118 valence electrons. The highest BCUT2D eigenvalue weighted by Gasteiger charge is 2.15. The monoisotopic (exact) mass is 325 g/mol. The second kappa shape index (κ2) is 6.64. The Hall–Kier alpha value is -1.98. The number of ether oxygens (including phenoxy) is 1. The molecular weight excluding hydrogens is 306 g/mol. The van der Waals surface area contributed by atoms with Gasteiger partial charge in [0.05, 0.1) is 18.3 Å². The Labute approximate surface area is 139 Å². The van der Waals surface area contributed by atoms with Gasteiger partial charge in [-0.1, -0.05) is 18.2 Å². The van der Waals surface area contributed by atoms with Crippen molar-refractivity contribution in [3.63, 3.8) is 0 Å². The third-order valence-electron chi connectivity index (χ3n) is 4.14. The van der Waals surface area contributed by atoms with Crippen LogP contribution < -0.4 is 0 Å². The van der Waals surface area contributed by atoms with E-state index in [1.807, 2.05) is 22.5 Å². The van der Waals surface area contributed by atoms with Crippen LogP contribution in [0.3, 0.4) is 0 Å². The zero-order valence-electron chi connectivity index (χ0n) is 12.9. The Bertz CT molecular complexity index is 760. The third-order valence-corrected chi connectivity index (χ3v) is 4.97. The van der Waals surface area contributed by atoms with Crippen LogP contribution in [0.1, 0.15) is 19.3 Å². The maximum absolute atomic E-state index is 5.80. The standard InChI is InChI=1S/C18H19N3OS/c1-2-10-22-16(6-1)13-21-9-7-17(20-21)14-4-3-5-15(12-14)18-19-8-11-23-18/h3-5,7-9,11-12,16H,1-2,6,10,13H2/t16-/m1/s1. The average Bonchev–Trinajstić information content (AvgIpc) is 3.28. The molecule has 0 aliphatic carbocycles. The van der Waals surface area contributed by atoms with E-state index in [-0.39, 0.29) is 0 Å². The summed E-state index contributed by atoms with van der Waals surface area (Å²) in [6.07, 6.45) is 7.76. The first-order valence-electron chi connectivity index (χ1n) is 8.04. The molecule has 0 saturated carbocycles. The summed E-state index contributed by atoms with van der Waals surface area (Å²) in [5.41, 5.74) is 3.27. The minimum atomic E-state index is 0.304. The highest BCUT2D eigenvalue weighted by molar-refractivity contribution is 7.13. The van der Waals surface area contributed by atoms with Crippen LogP contribution in [0.15, 0.2) is 48.1 Å². The normalized spacial score (nSPS) is 18.2. The van der Waals surface area contributed by atoms with Crippen LogP contribution in [-0.2, 0) is 11.3 Å². The SMILES string of the molecule is c1cc(-c2ccn(C[C@H]3CCCCO3)n2)cc(-c2nccs2)c1. The quantitative estimate of drug-likeness (QED) is 0.720. The molecule has 0 radical (unpaired) electrons. The minimum Gasteiger partial charge on any atom is -0.376 e. The van der Waals surface area contributed by atoms with Crippen molar-refractivity contribution in [1.82, 2.24) is 14.8 Å². The van der Waals surface area contributed by atoms with Crippen molar-refractivity contribution in [3.05, 3.63) is 48.1 Å². The number of benzene rings is 1. The Balaban J connectivity index is 1.53. The minimum absolute atomic E-state index is 0.304. The van der Waals surface area contributed by atoms with Gasteiger partial charge in [-0.15, -0.1) is 11.3 Å². The molecule has 4 nitrogen and oxygen atoms in total. The fraction of sp³-hybridized carbons (Fsp3) is 0.333. The van der Waals surface area contributed by atoms with E-state index in [9.17, 15) is 0 Å². The number of nitrogens with zero attached hydrogens (tertiary/aromatic N) is 3.